The lowest BCUT2D eigenvalue weighted by Gasteiger charge is -2.32. The second-order valence-corrected chi connectivity index (χ2v) is 55.8. The summed E-state index contributed by atoms with van der Waals surface area (Å²) in [5.74, 6) is 3.19. The van der Waals surface area contributed by atoms with E-state index < -0.39 is 54.3 Å². The highest BCUT2D eigenvalue weighted by molar-refractivity contribution is 7.70. The van der Waals surface area contributed by atoms with Crippen LogP contribution >= 0.6 is 39.6 Å². The number of anilines is 7. The predicted octanol–water partition coefficient (Wildman–Crippen LogP) is 28.4. The number of halogens is 3. The van der Waals surface area contributed by atoms with Crippen LogP contribution in [0.1, 0.15) is 173 Å². The molecule has 5 atom stereocenters. The van der Waals surface area contributed by atoms with Gasteiger partial charge in [-0.1, -0.05) is 291 Å². The Kier molecular flexibility index (Phi) is 28.5. The van der Waals surface area contributed by atoms with Crippen LogP contribution in [0.5, 0.6) is 17.2 Å². The molecule has 678 valence electrons. The third-order valence-electron chi connectivity index (χ3n) is 24.6. The van der Waals surface area contributed by atoms with Crippen molar-refractivity contribution in [2.24, 2.45) is 10.8 Å². The Morgan fingerprint density at radius 1 is 0.302 bits per heavy atom. The van der Waals surface area contributed by atoms with Crippen molar-refractivity contribution in [2.45, 2.75) is 205 Å². The van der Waals surface area contributed by atoms with Gasteiger partial charge in [0.2, 0.25) is 17.7 Å². The van der Waals surface area contributed by atoms with Crippen molar-refractivity contribution in [3.63, 3.8) is 0 Å². The fourth-order valence-corrected chi connectivity index (χ4v) is 31.8. The molecule has 129 heavy (non-hydrogen) atoms. The van der Waals surface area contributed by atoms with Crippen molar-refractivity contribution in [3.05, 3.63) is 258 Å². The van der Waals surface area contributed by atoms with E-state index in [1.165, 1.54) is 89.0 Å². The molecule has 11 aromatic rings. The van der Waals surface area contributed by atoms with Gasteiger partial charge in [0.05, 0.1) is 69.2 Å². The largest absolute Gasteiger partial charge is 0.496 e. The number of carbonyl (C=O) groups excluding carboxylic acids is 3. The minimum atomic E-state index is -4.34. The van der Waals surface area contributed by atoms with Crippen LogP contribution in [0.15, 0.2) is 231 Å². The van der Waals surface area contributed by atoms with Crippen LogP contribution in [-0.4, -0.2) is 96.3 Å². The number of amides is 3. The van der Waals surface area contributed by atoms with Gasteiger partial charge in [-0.3, -0.25) is 14.4 Å². The molecule has 0 fully saturated rings. The number of alkyl halides is 3. The van der Waals surface area contributed by atoms with E-state index in [2.05, 4.69) is 290 Å². The molecule has 0 spiro atoms. The molecule has 5 aliphatic heterocycles. The molecule has 3 amide bonds. The first-order valence-electron chi connectivity index (χ1n) is 44.7. The van der Waals surface area contributed by atoms with E-state index in [0.29, 0.717) is 6.42 Å². The zero-order valence-corrected chi connectivity index (χ0v) is 85.2. The van der Waals surface area contributed by atoms with Crippen LogP contribution in [0.4, 0.5) is 53.0 Å². The van der Waals surface area contributed by atoms with Crippen molar-refractivity contribution in [1.82, 2.24) is 0 Å². The molecule has 0 aromatic heterocycles. The van der Waals surface area contributed by atoms with E-state index in [0.717, 1.165) is 105 Å². The number of carbonyl (C=O) groups is 3. The zero-order valence-electron chi connectivity index (χ0n) is 80.7. The molecule has 19 heteroatoms. The van der Waals surface area contributed by atoms with Gasteiger partial charge in [0.15, 0.2) is 0 Å². The van der Waals surface area contributed by atoms with Crippen LogP contribution in [-0.2, 0) is 27.0 Å². The summed E-state index contributed by atoms with van der Waals surface area (Å²) in [4.78, 5) is 51.5. The lowest BCUT2D eigenvalue weighted by atomic mass is 9.94. The Bertz CT molecular complexity index is 5850. The lowest BCUT2D eigenvalue weighted by molar-refractivity contribution is -0.137. The molecular formula is C110H131F3N5O6P5. The molecule has 16 rings (SSSR count). The van der Waals surface area contributed by atoms with Gasteiger partial charge in [0, 0.05) is 89.4 Å². The van der Waals surface area contributed by atoms with Crippen LogP contribution < -0.4 is 65.2 Å². The van der Waals surface area contributed by atoms with Gasteiger partial charge in [-0.05, 0) is 221 Å². The van der Waals surface area contributed by atoms with E-state index in [-0.39, 0.29) is 51.4 Å². The number of hydrogen-bond donors (Lipinski definition) is 0. The number of nitrogens with zero attached hydrogens (tertiary/aromatic N) is 5. The minimum absolute atomic E-state index is 0.0246. The van der Waals surface area contributed by atoms with Gasteiger partial charge >= 0.3 is 6.18 Å². The van der Waals surface area contributed by atoms with Crippen molar-refractivity contribution in [1.29, 1.82) is 0 Å². The number of hydrogen-bond acceptors (Lipinski definition) is 8. The number of para-hydroxylation sites is 1. The van der Waals surface area contributed by atoms with Crippen molar-refractivity contribution >= 4 is 124 Å². The summed E-state index contributed by atoms with van der Waals surface area (Å²) in [5, 5.41) is 7.20. The summed E-state index contributed by atoms with van der Waals surface area (Å²) in [6, 6.07) is 77.2. The van der Waals surface area contributed by atoms with Crippen molar-refractivity contribution in [3.8, 4) is 61.8 Å². The maximum Gasteiger partial charge on any atom is 0.416 e. The summed E-state index contributed by atoms with van der Waals surface area (Å²) in [6.45, 7) is 53.1. The third-order valence-corrected chi connectivity index (χ3v) is 40.6. The van der Waals surface area contributed by atoms with Gasteiger partial charge in [0.25, 0.3) is 0 Å². The van der Waals surface area contributed by atoms with Crippen LogP contribution in [0.3, 0.4) is 0 Å². The molecule has 0 saturated heterocycles. The van der Waals surface area contributed by atoms with Crippen molar-refractivity contribution < 1.29 is 41.8 Å². The standard InChI is InChI=1S/C32H46N2O2P2.C27H30NO2P.C26H27F3NOP.C25H28NOP/c1-29(2,3)27(35)33-19-37(31(7,8)9)25-21(15-13-17-23(25)33)22-16-14-18-24-26(22)38(32(10,11)12)20-34(24)28(36)30(4,5)6;1-19-11-9-16-23(30-5)25(19)21-14-10-15-22-26(21)31(27(2,3)4)18-28(22)24(29)17-20-12-7-6-8-13-20;1-17-8-6-11-22(31-5)23(17)20-9-7-10-21-24(20)32(25(2,3)4)16-30(21)19-14-12-18(13-15-19)26(27,28)29;1-18-11-9-16-22(27-5)23(18)20-14-10-15-21-24(20)28(25(2,3)4)17-26(21)19-12-7-6-8-13-19/h13-18H,19-20H2,1-12H3;6-16H,17-18H2,1-5H3;6-15H,16H2,1-5H3;6-16H,17H2,1-5H3. The van der Waals surface area contributed by atoms with Gasteiger partial charge in [0.1, 0.15) is 17.2 Å². The summed E-state index contributed by atoms with van der Waals surface area (Å²) >= 11 is 0. The highest BCUT2D eigenvalue weighted by atomic mass is 31.1. The highest BCUT2D eigenvalue weighted by Crippen LogP contribution is 2.65. The van der Waals surface area contributed by atoms with Crippen LogP contribution in [0.25, 0.3) is 44.5 Å². The SMILES string of the molecule is CC(C)(C)C(=O)N1CP(C(C)(C)C)c2c(-c3cccc4c3P(C(C)(C)C)CN4C(=O)C(C)(C)C)cccc21.COc1cccc(C)c1-c1cccc2c1P(C(C)(C)C)CN2C(=O)Cc1ccccc1.COc1cccc(C)c1-c1cccc2c1P(C(C)(C)C)CN2c1ccc(C(F)(F)F)cc1.COc1cccc(C)c1-c1cccc2c1P(C(C)(C)C)CN2c1ccccc1. The molecule has 0 N–H and O–H groups in total. The number of rotatable bonds is 11. The van der Waals surface area contributed by atoms with Gasteiger partial charge < -0.3 is 38.7 Å². The number of methoxy groups -OCH3 is 3. The smallest absolute Gasteiger partial charge is 0.416 e. The predicted molar refractivity (Wildman–Crippen MR) is 551 cm³/mol. The number of aryl methyl sites for hydroxylation is 3. The van der Waals surface area contributed by atoms with E-state index in [4.69, 9.17) is 14.2 Å². The van der Waals surface area contributed by atoms with Gasteiger partial charge in [-0.15, -0.1) is 0 Å². The first-order valence-corrected chi connectivity index (χ1v) is 52.3. The average Bonchev–Trinajstić information content (AvgIpc) is 1.58. The molecule has 11 aromatic carbocycles. The lowest BCUT2D eigenvalue weighted by Crippen LogP contribution is -2.38. The second kappa shape index (κ2) is 37.8. The van der Waals surface area contributed by atoms with Crippen LogP contribution in [0.2, 0.25) is 0 Å². The monoisotopic (exact) mass is 1830 g/mol. The topological polar surface area (TPSA) is 95.1 Å². The Morgan fingerprint density at radius 3 is 0.891 bits per heavy atom. The fraction of sp³-hybridized carbons (Fsp3) is 0.373. The van der Waals surface area contributed by atoms with E-state index in [9.17, 15) is 27.6 Å². The Hall–Kier alpha value is -9.23. The molecule has 0 bridgehead atoms. The average molecular weight is 1830 g/mol. The highest BCUT2D eigenvalue weighted by Gasteiger charge is 2.49. The quantitative estimate of drug-likeness (QED) is 0.118. The normalized spacial score (nSPS) is 17.2. The molecule has 5 aliphatic rings. The Balaban J connectivity index is 0.000000148. The Labute approximate surface area is 773 Å². The molecule has 0 aliphatic carbocycles. The first-order chi connectivity index (χ1) is 60.5. The summed E-state index contributed by atoms with van der Waals surface area (Å²) < 4.78 is 56.5. The third kappa shape index (κ3) is 20.3. The van der Waals surface area contributed by atoms with Gasteiger partial charge in [-0.25, -0.2) is 0 Å². The zero-order chi connectivity index (χ0) is 93.9. The molecule has 0 saturated carbocycles. The van der Waals surface area contributed by atoms with E-state index >= 15 is 0 Å². The number of benzene rings is 11. The maximum absolute atomic E-state index is 13.6. The Morgan fingerprint density at radius 2 is 0.574 bits per heavy atom. The fourth-order valence-electron chi connectivity index (χ4n) is 18.0. The molecule has 5 heterocycles. The van der Waals surface area contributed by atoms with Gasteiger partial charge in [-0.2, -0.15) is 13.2 Å². The van der Waals surface area contributed by atoms with E-state index in [1.54, 1.807) is 33.5 Å². The minimum Gasteiger partial charge on any atom is -0.496 e. The first kappa shape index (κ1) is 97.3. The van der Waals surface area contributed by atoms with Crippen molar-refractivity contribution in [2.75, 3.05) is 77.3 Å². The number of ether oxygens (including phenoxy) is 3. The molecule has 5 unspecified atom stereocenters. The molecule has 0 radical (unpaired) electrons. The summed E-state index contributed by atoms with van der Waals surface area (Å²) in [6.07, 6.45) is 0.205. The van der Waals surface area contributed by atoms with E-state index in [1.807, 2.05) is 107 Å². The summed E-state index contributed by atoms with van der Waals surface area (Å²) in [5.41, 5.74) is 20.4. The van der Waals surface area contributed by atoms with Crippen LogP contribution in [0, 0.1) is 31.6 Å². The number of fused-ring (bicyclic) bond motifs is 5. The molecular weight excluding hydrogens is 1700 g/mol. The molecule has 11 nitrogen and oxygen atoms in total. The second-order valence-electron chi connectivity index (χ2n) is 41.2. The maximum atomic E-state index is 13.6. The summed E-state index contributed by atoms with van der Waals surface area (Å²) in [7, 11) is 2.36.